The minimum absolute atomic E-state index is 0.0106. The molecule has 1 atom stereocenters. The average molecular weight is 384 g/mol. The number of aromatic nitrogens is 1. The van der Waals surface area contributed by atoms with Gasteiger partial charge < -0.3 is 20.5 Å². The standard InChI is InChI=1S/C21H28N4O3/c1-5-24(21(28)16(4)25-14(2)6-7-15(25)3)13-12-19(26)23-18-10-8-17(9-11-18)20(22)27/h6-11,16H,5,12-13H2,1-4H3,(H2,22,27)(H,23,26)/t16-/m1/s1. The number of carbonyl (C=O) groups is 3. The highest BCUT2D eigenvalue weighted by molar-refractivity contribution is 5.95. The zero-order valence-corrected chi connectivity index (χ0v) is 16.9. The van der Waals surface area contributed by atoms with E-state index in [-0.39, 0.29) is 24.3 Å². The minimum Gasteiger partial charge on any atom is -0.366 e. The van der Waals surface area contributed by atoms with Gasteiger partial charge in [-0.15, -0.1) is 0 Å². The number of amides is 3. The normalized spacial score (nSPS) is 11.7. The van der Waals surface area contributed by atoms with E-state index < -0.39 is 5.91 Å². The summed E-state index contributed by atoms with van der Waals surface area (Å²) < 4.78 is 2.01. The molecule has 3 N–H and O–H groups in total. The number of hydrogen-bond acceptors (Lipinski definition) is 3. The Labute approximate surface area is 165 Å². The summed E-state index contributed by atoms with van der Waals surface area (Å²) in [7, 11) is 0. The lowest BCUT2D eigenvalue weighted by molar-refractivity contribution is -0.134. The van der Waals surface area contributed by atoms with E-state index in [0.717, 1.165) is 11.4 Å². The molecule has 0 radical (unpaired) electrons. The van der Waals surface area contributed by atoms with Crippen LogP contribution in [-0.2, 0) is 9.59 Å². The summed E-state index contributed by atoms with van der Waals surface area (Å²) >= 11 is 0. The zero-order valence-electron chi connectivity index (χ0n) is 16.9. The Morgan fingerprint density at radius 1 is 1.07 bits per heavy atom. The molecular weight excluding hydrogens is 356 g/mol. The Morgan fingerprint density at radius 3 is 2.14 bits per heavy atom. The van der Waals surface area contributed by atoms with Gasteiger partial charge in [-0.25, -0.2) is 0 Å². The Morgan fingerprint density at radius 2 is 1.64 bits per heavy atom. The van der Waals surface area contributed by atoms with Crippen LogP contribution in [0.15, 0.2) is 36.4 Å². The largest absolute Gasteiger partial charge is 0.366 e. The number of nitrogens with two attached hydrogens (primary N) is 1. The molecule has 3 amide bonds. The molecule has 1 aromatic heterocycles. The van der Waals surface area contributed by atoms with Gasteiger partial charge in [0.2, 0.25) is 17.7 Å². The Balaban J connectivity index is 1.94. The van der Waals surface area contributed by atoms with Crippen molar-refractivity contribution in [3.63, 3.8) is 0 Å². The molecule has 0 saturated heterocycles. The SMILES string of the molecule is CCN(CCC(=O)Nc1ccc(C(N)=O)cc1)C(=O)[C@@H](C)n1c(C)ccc1C. The van der Waals surface area contributed by atoms with E-state index >= 15 is 0 Å². The van der Waals surface area contributed by atoms with Gasteiger partial charge in [0.1, 0.15) is 6.04 Å². The van der Waals surface area contributed by atoms with Gasteiger partial charge in [0.25, 0.3) is 0 Å². The highest BCUT2D eigenvalue weighted by Gasteiger charge is 2.23. The molecule has 0 bridgehead atoms. The van der Waals surface area contributed by atoms with Crippen molar-refractivity contribution in [3.05, 3.63) is 53.3 Å². The van der Waals surface area contributed by atoms with Gasteiger partial charge in [-0.2, -0.15) is 0 Å². The number of nitrogens with one attached hydrogen (secondary N) is 1. The maximum Gasteiger partial charge on any atom is 0.248 e. The Bertz CT molecular complexity index is 836. The second-order valence-electron chi connectivity index (χ2n) is 6.82. The number of aryl methyl sites for hydroxylation is 2. The first-order chi connectivity index (χ1) is 13.2. The van der Waals surface area contributed by atoms with E-state index in [9.17, 15) is 14.4 Å². The van der Waals surface area contributed by atoms with Crippen LogP contribution < -0.4 is 11.1 Å². The predicted octanol–water partition coefficient (Wildman–Crippen LogP) is 2.64. The number of rotatable bonds is 8. The fraction of sp³-hybridized carbons (Fsp3) is 0.381. The van der Waals surface area contributed by atoms with Crippen LogP contribution in [-0.4, -0.2) is 40.3 Å². The van der Waals surface area contributed by atoms with Gasteiger partial charge in [0.15, 0.2) is 0 Å². The summed E-state index contributed by atoms with van der Waals surface area (Å²) in [6.07, 6.45) is 0.188. The highest BCUT2D eigenvalue weighted by atomic mass is 16.2. The third kappa shape index (κ3) is 5.00. The maximum atomic E-state index is 12.9. The van der Waals surface area contributed by atoms with Crippen LogP contribution in [0.5, 0.6) is 0 Å². The van der Waals surface area contributed by atoms with Crippen LogP contribution in [0.3, 0.4) is 0 Å². The third-order valence-electron chi connectivity index (χ3n) is 4.83. The van der Waals surface area contributed by atoms with E-state index in [2.05, 4.69) is 5.32 Å². The number of primary amides is 1. The fourth-order valence-corrected chi connectivity index (χ4v) is 3.27. The van der Waals surface area contributed by atoms with Crippen molar-refractivity contribution in [1.29, 1.82) is 0 Å². The number of carbonyl (C=O) groups excluding carboxylic acids is 3. The van der Waals surface area contributed by atoms with Crippen molar-refractivity contribution >= 4 is 23.4 Å². The minimum atomic E-state index is -0.516. The molecule has 2 aromatic rings. The van der Waals surface area contributed by atoms with Crippen LogP contribution in [0.4, 0.5) is 5.69 Å². The molecule has 0 fully saturated rings. The molecule has 7 heteroatoms. The van der Waals surface area contributed by atoms with Gasteiger partial charge in [0, 0.05) is 42.1 Å². The summed E-state index contributed by atoms with van der Waals surface area (Å²) in [5.41, 5.74) is 8.23. The van der Waals surface area contributed by atoms with Gasteiger partial charge >= 0.3 is 0 Å². The molecule has 0 saturated carbocycles. The molecule has 0 spiro atoms. The summed E-state index contributed by atoms with van der Waals surface area (Å²) in [5.74, 6) is -0.722. The van der Waals surface area contributed by atoms with Crippen LogP contribution in [0, 0.1) is 13.8 Å². The monoisotopic (exact) mass is 384 g/mol. The summed E-state index contributed by atoms with van der Waals surface area (Å²) in [6.45, 7) is 8.60. The van der Waals surface area contributed by atoms with Crippen molar-refractivity contribution in [2.75, 3.05) is 18.4 Å². The van der Waals surface area contributed by atoms with E-state index in [0.29, 0.717) is 24.3 Å². The van der Waals surface area contributed by atoms with Crippen molar-refractivity contribution in [1.82, 2.24) is 9.47 Å². The van der Waals surface area contributed by atoms with Crippen LogP contribution in [0.2, 0.25) is 0 Å². The third-order valence-corrected chi connectivity index (χ3v) is 4.83. The molecule has 150 valence electrons. The van der Waals surface area contributed by atoms with Crippen molar-refractivity contribution in [2.45, 2.75) is 40.2 Å². The first-order valence-electron chi connectivity index (χ1n) is 9.37. The number of nitrogens with zero attached hydrogens (tertiary/aromatic N) is 2. The fourth-order valence-electron chi connectivity index (χ4n) is 3.27. The topological polar surface area (TPSA) is 97.4 Å². The molecule has 0 aliphatic rings. The quantitative estimate of drug-likeness (QED) is 0.732. The van der Waals surface area contributed by atoms with Crippen molar-refractivity contribution in [3.8, 4) is 0 Å². The average Bonchev–Trinajstić information content (AvgIpc) is 3.00. The van der Waals surface area contributed by atoms with Gasteiger partial charge in [-0.3, -0.25) is 14.4 Å². The first-order valence-corrected chi connectivity index (χ1v) is 9.37. The molecule has 0 unspecified atom stereocenters. The molecule has 1 aromatic carbocycles. The molecule has 2 rings (SSSR count). The molecule has 0 aliphatic carbocycles. The van der Waals surface area contributed by atoms with E-state index in [1.807, 2.05) is 44.4 Å². The van der Waals surface area contributed by atoms with Crippen molar-refractivity contribution in [2.24, 2.45) is 5.73 Å². The van der Waals surface area contributed by atoms with Crippen LogP contribution in [0.25, 0.3) is 0 Å². The summed E-state index contributed by atoms with van der Waals surface area (Å²) in [6, 6.07) is 10.0. The first kappa shape index (κ1) is 21.2. The van der Waals surface area contributed by atoms with Gasteiger partial charge in [0.05, 0.1) is 0 Å². The zero-order chi connectivity index (χ0) is 20.8. The molecule has 0 aliphatic heterocycles. The highest BCUT2D eigenvalue weighted by Crippen LogP contribution is 2.18. The van der Waals surface area contributed by atoms with Crippen molar-refractivity contribution < 1.29 is 14.4 Å². The van der Waals surface area contributed by atoms with Gasteiger partial charge in [-0.1, -0.05) is 0 Å². The number of anilines is 1. The lowest BCUT2D eigenvalue weighted by Crippen LogP contribution is -2.38. The Kier molecular flexibility index (Phi) is 6.98. The van der Waals surface area contributed by atoms with E-state index in [4.69, 9.17) is 5.73 Å². The maximum absolute atomic E-state index is 12.9. The molecule has 7 nitrogen and oxygen atoms in total. The lowest BCUT2D eigenvalue weighted by atomic mass is 10.2. The molecule has 1 heterocycles. The second kappa shape index (κ2) is 9.21. The summed E-state index contributed by atoms with van der Waals surface area (Å²) in [5, 5.41) is 2.77. The number of hydrogen-bond donors (Lipinski definition) is 2. The number of likely N-dealkylation sites (N-methyl/N-ethyl adjacent to an activating group) is 1. The number of benzene rings is 1. The summed E-state index contributed by atoms with van der Waals surface area (Å²) in [4.78, 5) is 37.9. The smallest absolute Gasteiger partial charge is 0.248 e. The van der Waals surface area contributed by atoms with E-state index in [1.54, 1.807) is 29.2 Å². The second-order valence-corrected chi connectivity index (χ2v) is 6.82. The van der Waals surface area contributed by atoms with E-state index in [1.165, 1.54) is 0 Å². The van der Waals surface area contributed by atoms with Crippen LogP contribution >= 0.6 is 0 Å². The van der Waals surface area contributed by atoms with Crippen LogP contribution in [0.1, 0.15) is 48.1 Å². The predicted molar refractivity (Wildman–Crippen MR) is 109 cm³/mol. The van der Waals surface area contributed by atoms with Gasteiger partial charge in [-0.05, 0) is 64.1 Å². The molecule has 28 heavy (non-hydrogen) atoms. The molecular formula is C21H28N4O3. The lowest BCUT2D eigenvalue weighted by Gasteiger charge is -2.26. The Hall–Kier alpha value is -3.09.